The number of nitrogens with one attached hydrogen (secondary N) is 1. The van der Waals surface area contributed by atoms with Gasteiger partial charge < -0.3 is 20.5 Å². The van der Waals surface area contributed by atoms with Crippen molar-refractivity contribution in [2.24, 2.45) is 5.73 Å². The number of aromatic amines is 1. The van der Waals surface area contributed by atoms with Crippen LogP contribution >= 0.6 is 0 Å². The number of aromatic nitrogens is 2. The fraction of sp³-hybridized carbons (Fsp3) is 0.467. The summed E-state index contributed by atoms with van der Waals surface area (Å²) in [6.45, 7) is 2.60. The summed E-state index contributed by atoms with van der Waals surface area (Å²) < 4.78 is 0. The van der Waals surface area contributed by atoms with Crippen molar-refractivity contribution in [3.05, 3.63) is 24.5 Å². The monoisotopic (exact) mass is 285 g/mol. The molecule has 1 aliphatic heterocycles. The first-order chi connectivity index (χ1) is 10.2. The molecule has 0 bridgehead atoms. The van der Waals surface area contributed by atoms with E-state index in [4.69, 9.17) is 5.73 Å². The van der Waals surface area contributed by atoms with Gasteiger partial charge in [-0.1, -0.05) is 0 Å². The van der Waals surface area contributed by atoms with Crippen molar-refractivity contribution in [1.29, 1.82) is 0 Å². The second kappa shape index (κ2) is 4.46. The van der Waals surface area contributed by atoms with Crippen molar-refractivity contribution in [1.82, 2.24) is 14.9 Å². The first-order valence-corrected chi connectivity index (χ1v) is 7.41. The van der Waals surface area contributed by atoms with Gasteiger partial charge in [0.2, 0.25) is 5.91 Å². The molecule has 6 heteroatoms. The zero-order valence-electron chi connectivity index (χ0n) is 11.9. The van der Waals surface area contributed by atoms with E-state index in [1.807, 2.05) is 17.3 Å². The number of carbonyl (C=O) groups is 1. The molecule has 1 saturated heterocycles. The molecule has 2 aromatic rings. The standard InChI is InChI=1S/C15H19N5O/c16-9-13(21)20-8-7-19(10-15(20)3-4-15)12-2-6-18-14-11(12)1-5-17-14/h1-2,5-6H,3-4,7-10,16H2,(H,17,18). The smallest absolute Gasteiger partial charge is 0.236 e. The van der Waals surface area contributed by atoms with Gasteiger partial charge in [-0.15, -0.1) is 0 Å². The fourth-order valence-corrected chi connectivity index (χ4v) is 3.48. The van der Waals surface area contributed by atoms with Gasteiger partial charge in [-0.25, -0.2) is 4.98 Å². The Morgan fingerprint density at radius 2 is 2.24 bits per heavy atom. The van der Waals surface area contributed by atoms with E-state index in [9.17, 15) is 4.79 Å². The van der Waals surface area contributed by atoms with Crippen molar-refractivity contribution < 1.29 is 4.79 Å². The third-order valence-electron chi connectivity index (χ3n) is 4.73. The number of amides is 1. The molecular formula is C15H19N5O. The molecule has 110 valence electrons. The van der Waals surface area contributed by atoms with Crippen LogP contribution in [0.5, 0.6) is 0 Å². The van der Waals surface area contributed by atoms with Gasteiger partial charge in [0.05, 0.1) is 12.1 Å². The maximum Gasteiger partial charge on any atom is 0.236 e. The van der Waals surface area contributed by atoms with Gasteiger partial charge in [0.15, 0.2) is 0 Å². The molecule has 1 saturated carbocycles. The molecule has 0 unspecified atom stereocenters. The fourth-order valence-electron chi connectivity index (χ4n) is 3.48. The normalized spacial score (nSPS) is 20.2. The minimum Gasteiger partial charge on any atom is -0.367 e. The Morgan fingerprint density at radius 3 is 3.00 bits per heavy atom. The molecule has 0 radical (unpaired) electrons. The van der Waals surface area contributed by atoms with Crippen LogP contribution < -0.4 is 10.6 Å². The number of piperazine rings is 1. The lowest BCUT2D eigenvalue weighted by molar-refractivity contribution is -0.133. The summed E-state index contributed by atoms with van der Waals surface area (Å²) in [4.78, 5) is 23.9. The van der Waals surface area contributed by atoms with E-state index in [0.717, 1.165) is 43.5 Å². The summed E-state index contributed by atoms with van der Waals surface area (Å²) >= 11 is 0. The van der Waals surface area contributed by atoms with Gasteiger partial charge in [-0.3, -0.25) is 4.79 Å². The van der Waals surface area contributed by atoms with Crippen molar-refractivity contribution in [2.75, 3.05) is 31.1 Å². The SMILES string of the molecule is NCC(=O)N1CCN(c2ccnc3[nH]ccc23)CC12CC2. The van der Waals surface area contributed by atoms with Crippen molar-refractivity contribution in [2.45, 2.75) is 18.4 Å². The molecule has 6 nitrogen and oxygen atoms in total. The molecular weight excluding hydrogens is 266 g/mol. The summed E-state index contributed by atoms with van der Waals surface area (Å²) in [6, 6.07) is 4.13. The average Bonchev–Trinajstić information content (AvgIpc) is 3.10. The van der Waals surface area contributed by atoms with Crippen LogP contribution in [0.3, 0.4) is 0 Å². The van der Waals surface area contributed by atoms with Crippen LogP contribution in [0.2, 0.25) is 0 Å². The first-order valence-electron chi connectivity index (χ1n) is 7.41. The van der Waals surface area contributed by atoms with E-state index in [1.54, 1.807) is 0 Å². The number of hydrogen-bond acceptors (Lipinski definition) is 4. The summed E-state index contributed by atoms with van der Waals surface area (Å²) in [6.07, 6.45) is 5.92. The highest BCUT2D eigenvalue weighted by atomic mass is 16.2. The lowest BCUT2D eigenvalue weighted by Gasteiger charge is -2.43. The van der Waals surface area contributed by atoms with Gasteiger partial charge in [0, 0.05) is 43.1 Å². The molecule has 3 N–H and O–H groups in total. The molecule has 1 amide bonds. The van der Waals surface area contributed by atoms with Gasteiger partial charge >= 0.3 is 0 Å². The van der Waals surface area contributed by atoms with Gasteiger partial charge in [-0.2, -0.15) is 0 Å². The second-order valence-corrected chi connectivity index (χ2v) is 5.97. The van der Waals surface area contributed by atoms with E-state index in [0.29, 0.717) is 0 Å². The molecule has 0 atom stereocenters. The third kappa shape index (κ3) is 1.90. The molecule has 1 aliphatic carbocycles. The quantitative estimate of drug-likeness (QED) is 0.851. The molecule has 1 spiro atoms. The van der Waals surface area contributed by atoms with Gasteiger partial charge in [0.1, 0.15) is 5.65 Å². The zero-order valence-corrected chi connectivity index (χ0v) is 11.9. The van der Waals surface area contributed by atoms with E-state index in [1.165, 1.54) is 5.69 Å². The second-order valence-electron chi connectivity index (χ2n) is 5.97. The topological polar surface area (TPSA) is 78.2 Å². The molecule has 3 heterocycles. The van der Waals surface area contributed by atoms with E-state index < -0.39 is 0 Å². The Labute approximate surface area is 122 Å². The summed E-state index contributed by atoms with van der Waals surface area (Å²) in [5, 5.41) is 1.15. The molecule has 2 aliphatic rings. The van der Waals surface area contributed by atoms with Gasteiger partial charge in [-0.05, 0) is 25.0 Å². The molecule has 2 aromatic heterocycles. The lowest BCUT2D eigenvalue weighted by Crippen LogP contribution is -2.58. The Hall–Kier alpha value is -2.08. The van der Waals surface area contributed by atoms with Crippen molar-refractivity contribution >= 4 is 22.6 Å². The Kier molecular flexibility index (Phi) is 2.68. The number of fused-ring (bicyclic) bond motifs is 1. The predicted octanol–water partition coefficient (Wildman–Crippen LogP) is 0.703. The van der Waals surface area contributed by atoms with Crippen LogP contribution in [-0.2, 0) is 4.79 Å². The van der Waals surface area contributed by atoms with Crippen LogP contribution in [0.1, 0.15) is 12.8 Å². The largest absolute Gasteiger partial charge is 0.367 e. The van der Waals surface area contributed by atoms with Crippen molar-refractivity contribution in [3.8, 4) is 0 Å². The van der Waals surface area contributed by atoms with Crippen LogP contribution in [0.15, 0.2) is 24.5 Å². The Morgan fingerprint density at radius 1 is 1.38 bits per heavy atom. The number of anilines is 1. The average molecular weight is 285 g/mol. The van der Waals surface area contributed by atoms with Gasteiger partial charge in [0.25, 0.3) is 0 Å². The Bertz CT molecular complexity index is 690. The van der Waals surface area contributed by atoms with Crippen LogP contribution in [-0.4, -0.2) is 52.5 Å². The number of H-pyrrole nitrogens is 1. The number of hydrogen-bond donors (Lipinski definition) is 2. The first kappa shape index (κ1) is 12.6. The maximum atomic E-state index is 12.0. The molecule has 4 rings (SSSR count). The number of nitrogens with zero attached hydrogens (tertiary/aromatic N) is 3. The highest BCUT2D eigenvalue weighted by molar-refractivity contribution is 5.90. The van der Waals surface area contributed by atoms with E-state index in [2.05, 4.69) is 27.0 Å². The number of pyridine rings is 1. The molecule has 0 aromatic carbocycles. The maximum absolute atomic E-state index is 12.0. The highest BCUT2D eigenvalue weighted by Crippen LogP contribution is 2.45. The summed E-state index contributed by atoms with van der Waals surface area (Å²) in [7, 11) is 0. The number of rotatable bonds is 2. The van der Waals surface area contributed by atoms with Crippen LogP contribution in [0.4, 0.5) is 5.69 Å². The number of carbonyl (C=O) groups excluding carboxylic acids is 1. The molecule has 2 fully saturated rings. The van der Waals surface area contributed by atoms with Crippen LogP contribution in [0.25, 0.3) is 11.0 Å². The minimum atomic E-state index is 0.0145. The Balaban J connectivity index is 1.64. The van der Waals surface area contributed by atoms with Crippen molar-refractivity contribution in [3.63, 3.8) is 0 Å². The van der Waals surface area contributed by atoms with E-state index >= 15 is 0 Å². The summed E-state index contributed by atoms with van der Waals surface area (Å²) in [5.74, 6) is 0.0775. The molecule has 21 heavy (non-hydrogen) atoms. The minimum absolute atomic E-state index is 0.0145. The third-order valence-corrected chi connectivity index (χ3v) is 4.73. The predicted molar refractivity (Wildman–Crippen MR) is 81.0 cm³/mol. The van der Waals surface area contributed by atoms with E-state index in [-0.39, 0.29) is 18.0 Å². The number of nitrogens with two attached hydrogens (primary N) is 1. The zero-order chi connectivity index (χ0) is 14.4. The summed E-state index contributed by atoms with van der Waals surface area (Å²) in [5.41, 5.74) is 7.67. The lowest BCUT2D eigenvalue weighted by atomic mass is 10.1. The van der Waals surface area contributed by atoms with Crippen LogP contribution in [0, 0.1) is 0 Å². The highest BCUT2D eigenvalue weighted by Gasteiger charge is 2.52.